The molecule has 2 aromatic heterocycles. The molecule has 0 spiro atoms. The highest BCUT2D eigenvalue weighted by Gasteiger charge is 2.05. The number of hydrogen-bond acceptors (Lipinski definition) is 4. The van der Waals surface area contributed by atoms with Crippen LogP contribution in [-0.2, 0) is 13.0 Å². The molecule has 0 aliphatic carbocycles. The number of ether oxygens (including phenoxy) is 1. The van der Waals surface area contributed by atoms with E-state index in [4.69, 9.17) is 10.5 Å². The van der Waals surface area contributed by atoms with Gasteiger partial charge >= 0.3 is 0 Å². The molecule has 0 radical (unpaired) electrons. The SMILES string of the molecule is NC(=NCc1cccc(OCC(F)F)n1)NCCc1ccccn1. The Hall–Kier alpha value is -2.77. The van der Waals surface area contributed by atoms with E-state index < -0.39 is 13.0 Å². The molecular formula is C16H19F2N5O. The Morgan fingerprint density at radius 3 is 2.79 bits per heavy atom. The maximum Gasteiger partial charge on any atom is 0.272 e. The predicted octanol–water partition coefficient (Wildman–Crippen LogP) is 1.77. The number of nitrogens with one attached hydrogen (secondary N) is 1. The van der Waals surface area contributed by atoms with Crippen molar-refractivity contribution in [1.82, 2.24) is 15.3 Å². The lowest BCUT2D eigenvalue weighted by Crippen LogP contribution is -2.33. The molecule has 0 saturated carbocycles. The first kappa shape index (κ1) is 17.6. The van der Waals surface area contributed by atoms with Gasteiger partial charge in [-0.25, -0.2) is 18.8 Å². The summed E-state index contributed by atoms with van der Waals surface area (Å²) in [6.45, 7) is 0.155. The largest absolute Gasteiger partial charge is 0.472 e. The van der Waals surface area contributed by atoms with Crippen LogP contribution >= 0.6 is 0 Å². The van der Waals surface area contributed by atoms with Crippen LogP contribution in [-0.4, -0.2) is 35.5 Å². The van der Waals surface area contributed by atoms with Gasteiger partial charge in [0.05, 0.1) is 12.2 Å². The molecule has 0 bridgehead atoms. The Bertz CT molecular complexity index is 652. The van der Waals surface area contributed by atoms with Gasteiger partial charge in [-0.05, 0) is 18.2 Å². The van der Waals surface area contributed by atoms with Gasteiger partial charge in [0.15, 0.2) is 12.6 Å². The minimum absolute atomic E-state index is 0.143. The summed E-state index contributed by atoms with van der Waals surface area (Å²) in [5.74, 6) is 0.427. The zero-order chi connectivity index (χ0) is 17.2. The molecule has 0 saturated heterocycles. The Kier molecular flexibility index (Phi) is 6.88. The average Bonchev–Trinajstić information content (AvgIpc) is 2.59. The number of hydrogen-bond donors (Lipinski definition) is 2. The third kappa shape index (κ3) is 6.55. The summed E-state index contributed by atoms with van der Waals surface area (Å²) in [5.41, 5.74) is 7.32. The maximum atomic E-state index is 12.1. The second-order valence-electron chi connectivity index (χ2n) is 4.87. The van der Waals surface area contributed by atoms with Crippen molar-refractivity contribution in [2.45, 2.75) is 19.4 Å². The molecule has 0 amide bonds. The van der Waals surface area contributed by atoms with Crippen LogP contribution in [0, 0.1) is 0 Å². The van der Waals surface area contributed by atoms with E-state index in [9.17, 15) is 8.78 Å². The number of nitrogens with two attached hydrogens (primary N) is 1. The molecule has 0 aliphatic rings. The first-order chi connectivity index (χ1) is 11.6. The smallest absolute Gasteiger partial charge is 0.272 e. The number of aromatic nitrogens is 2. The van der Waals surface area contributed by atoms with Crippen molar-refractivity contribution in [2.24, 2.45) is 10.7 Å². The molecule has 24 heavy (non-hydrogen) atoms. The van der Waals surface area contributed by atoms with E-state index in [-0.39, 0.29) is 18.4 Å². The van der Waals surface area contributed by atoms with Gasteiger partial charge in [-0.15, -0.1) is 0 Å². The lowest BCUT2D eigenvalue weighted by Gasteiger charge is -2.07. The fourth-order valence-electron chi connectivity index (χ4n) is 1.86. The topological polar surface area (TPSA) is 85.4 Å². The van der Waals surface area contributed by atoms with Crippen LogP contribution in [0.5, 0.6) is 5.88 Å². The number of rotatable bonds is 8. The molecule has 0 atom stereocenters. The van der Waals surface area contributed by atoms with E-state index in [1.165, 1.54) is 6.07 Å². The number of nitrogens with zero attached hydrogens (tertiary/aromatic N) is 3. The highest BCUT2D eigenvalue weighted by atomic mass is 19.3. The third-order valence-corrected chi connectivity index (χ3v) is 2.96. The molecule has 6 nitrogen and oxygen atoms in total. The lowest BCUT2D eigenvalue weighted by molar-refractivity contribution is 0.0795. The van der Waals surface area contributed by atoms with Crippen molar-refractivity contribution in [3.63, 3.8) is 0 Å². The second-order valence-corrected chi connectivity index (χ2v) is 4.87. The number of pyridine rings is 2. The van der Waals surface area contributed by atoms with E-state index in [1.54, 1.807) is 18.3 Å². The van der Waals surface area contributed by atoms with Crippen LogP contribution < -0.4 is 15.8 Å². The second kappa shape index (κ2) is 9.39. The zero-order valence-corrected chi connectivity index (χ0v) is 13.0. The maximum absolute atomic E-state index is 12.1. The van der Waals surface area contributed by atoms with Gasteiger partial charge in [0.25, 0.3) is 6.43 Å². The van der Waals surface area contributed by atoms with E-state index in [1.807, 2.05) is 18.2 Å². The molecule has 3 N–H and O–H groups in total. The first-order valence-electron chi connectivity index (χ1n) is 7.44. The summed E-state index contributed by atoms with van der Waals surface area (Å²) in [6, 6.07) is 10.6. The molecule has 0 fully saturated rings. The highest BCUT2D eigenvalue weighted by Crippen LogP contribution is 2.09. The summed E-state index contributed by atoms with van der Waals surface area (Å²) in [6.07, 6.45) is -0.0687. The van der Waals surface area contributed by atoms with Crippen molar-refractivity contribution in [3.05, 3.63) is 54.0 Å². The Morgan fingerprint density at radius 1 is 1.21 bits per heavy atom. The molecule has 128 valence electrons. The summed E-state index contributed by atoms with van der Waals surface area (Å²) in [7, 11) is 0. The molecule has 0 aromatic carbocycles. The molecule has 2 heterocycles. The van der Waals surface area contributed by atoms with Crippen LogP contribution in [0.3, 0.4) is 0 Å². The average molecular weight is 335 g/mol. The van der Waals surface area contributed by atoms with Crippen molar-refractivity contribution in [3.8, 4) is 5.88 Å². The van der Waals surface area contributed by atoms with Gasteiger partial charge in [-0.1, -0.05) is 12.1 Å². The minimum Gasteiger partial charge on any atom is -0.472 e. The third-order valence-electron chi connectivity index (χ3n) is 2.96. The predicted molar refractivity (Wildman–Crippen MR) is 87.0 cm³/mol. The first-order valence-corrected chi connectivity index (χ1v) is 7.44. The normalized spacial score (nSPS) is 11.5. The van der Waals surface area contributed by atoms with Crippen molar-refractivity contribution in [1.29, 1.82) is 0 Å². The van der Waals surface area contributed by atoms with Gasteiger partial charge in [0, 0.05) is 30.9 Å². The van der Waals surface area contributed by atoms with Crippen LogP contribution in [0.15, 0.2) is 47.6 Å². The molecule has 0 unspecified atom stereocenters. The molecular weight excluding hydrogens is 316 g/mol. The monoisotopic (exact) mass is 335 g/mol. The van der Waals surface area contributed by atoms with Gasteiger partial charge in [0.1, 0.15) is 0 Å². The van der Waals surface area contributed by atoms with Crippen LogP contribution in [0.2, 0.25) is 0 Å². The fraction of sp³-hybridized carbons (Fsp3) is 0.312. The summed E-state index contributed by atoms with van der Waals surface area (Å²) in [5, 5.41) is 2.99. The number of halogens is 2. The Morgan fingerprint density at radius 2 is 2.04 bits per heavy atom. The summed E-state index contributed by atoms with van der Waals surface area (Å²) < 4.78 is 29.1. The Balaban J connectivity index is 1.78. The molecule has 2 aromatic rings. The van der Waals surface area contributed by atoms with E-state index in [0.717, 1.165) is 12.1 Å². The van der Waals surface area contributed by atoms with Gasteiger partial charge in [0.2, 0.25) is 5.88 Å². The minimum atomic E-state index is -2.53. The van der Waals surface area contributed by atoms with Gasteiger partial charge in [-0.2, -0.15) is 0 Å². The number of alkyl halides is 2. The summed E-state index contributed by atoms with van der Waals surface area (Å²) >= 11 is 0. The van der Waals surface area contributed by atoms with Gasteiger partial charge in [-0.3, -0.25) is 4.98 Å². The summed E-state index contributed by atoms with van der Waals surface area (Å²) in [4.78, 5) is 12.5. The van der Waals surface area contributed by atoms with E-state index in [0.29, 0.717) is 12.2 Å². The van der Waals surface area contributed by atoms with E-state index in [2.05, 4.69) is 20.3 Å². The fourth-order valence-corrected chi connectivity index (χ4v) is 1.86. The van der Waals surface area contributed by atoms with E-state index >= 15 is 0 Å². The lowest BCUT2D eigenvalue weighted by atomic mass is 10.3. The van der Waals surface area contributed by atoms with Crippen molar-refractivity contribution >= 4 is 5.96 Å². The van der Waals surface area contributed by atoms with Crippen LogP contribution in [0.4, 0.5) is 8.78 Å². The quantitative estimate of drug-likeness (QED) is 0.567. The zero-order valence-electron chi connectivity index (χ0n) is 13.0. The standard InChI is InChI=1S/C16H19F2N5O/c17-14(18)11-24-15-6-3-5-13(23-15)10-22-16(19)21-9-7-12-4-1-2-8-20-12/h1-6,8,14H,7,9-11H2,(H3,19,21,22). The Labute approximate surface area is 138 Å². The van der Waals surface area contributed by atoms with Gasteiger partial charge < -0.3 is 15.8 Å². The highest BCUT2D eigenvalue weighted by molar-refractivity contribution is 5.77. The molecule has 0 aliphatic heterocycles. The molecule has 8 heteroatoms. The number of aliphatic imine (C=N–C) groups is 1. The molecule has 2 rings (SSSR count). The van der Waals surface area contributed by atoms with Crippen LogP contribution in [0.25, 0.3) is 0 Å². The number of guanidine groups is 1. The van der Waals surface area contributed by atoms with Crippen molar-refractivity contribution in [2.75, 3.05) is 13.2 Å². The van der Waals surface area contributed by atoms with Crippen LogP contribution in [0.1, 0.15) is 11.4 Å². The van der Waals surface area contributed by atoms with Crippen molar-refractivity contribution < 1.29 is 13.5 Å².